The molecule has 0 saturated carbocycles. The number of esters is 2. The van der Waals surface area contributed by atoms with Gasteiger partial charge in [0.2, 0.25) is 0 Å². The van der Waals surface area contributed by atoms with Crippen molar-refractivity contribution in [2.45, 2.75) is 34.6 Å². The molecule has 0 aliphatic heterocycles. The third kappa shape index (κ3) is 4.98. The van der Waals surface area contributed by atoms with Crippen LogP contribution in [0.2, 0.25) is 0 Å². The Balaban J connectivity index is 2.26. The van der Waals surface area contributed by atoms with Gasteiger partial charge in [-0.3, -0.25) is 4.79 Å². The average molecular weight is 512 g/mol. The molecule has 3 rings (SSSR count). The number of ketones is 1. The van der Waals surface area contributed by atoms with Crippen molar-refractivity contribution in [2.75, 3.05) is 13.2 Å². The van der Waals surface area contributed by atoms with Crippen LogP contribution in [-0.4, -0.2) is 35.9 Å². The summed E-state index contributed by atoms with van der Waals surface area (Å²) in [7, 11) is 0. The number of carbonyl (C=O) groups excluding carboxylic acids is 3. The lowest BCUT2D eigenvalue weighted by atomic mass is 9.84. The summed E-state index contributed by atoms with van der Waals surface area (Å²) < 4.78 is 10.6. The number of carbonyl (C=O) groups is 3. The van der Waals surface area contributed by atoms with E-state index in [2.05, 4.69) is 20.9 Å². The van der Waals surface area contributed by atoms with E-state index in [9.17, 15) is 14.4 Å². The molecule has 3 aromatic rings. The summed E-state index contributed by atoms with van der Waals surface area (Å²) in [6.07, 6.45) is 0. The topological polar surface area (TPSA) is 82.6 Å². The predicted molar refractivity (Wildman–Crippen MR) is 131 cm³/mol. The first kappa shape index (κ1) is 24.6. The third-order valence-corrected chi connectivity index (χ3v) is 5.64. The lowest BCUT2D eigenvalue weighted by molar-refractivity contribution is 0.0516. The van der Waals surface area contributed by atoms with Gasteiger partial charge in [0.25, 0.3) is 0 Å². The Morgan fingerprint density at radius 1 is 0.879 bits per heavy atom. The minimum absolute atomic E-state index is 0.179. The number of rotatable bonds is 6. The van der Waals surface area contributed by atoms with Crippen LogP contribution in [0, 0.1) is 5.41 Å². The highest BCUT2D eigenvalue weighted by Crippen LogP contribution is 2.36. The van der Waals surface area contributed by atoms with Gasteiger partial charge < -0.3 is 9.47 Å². The summed E-state index contributed by atoms with van der Waals surface area (Å²) in [5.41, 5.74) is 2.23. The molecule has 1 heterocycles. The third-order valence-electron chi connectivity index (χ3n) is 5.07. The van der Waals surface area contributed by atoms with Crippen molar-refractivity contribution < 1.29 is 23.9 Å². The average Bonchev–Trinajstić information content (AvgIpc) is 2.77. The molecule has 172 valence electrons. The summed E-state index contributed by atoms with van der Waals surface area (Å²) in [6, 6.07) is 12.4. The van der Waals surface area contributed by atoms with E-state index in [1.54, 1.807) is 71.0 Å². The van der Waals surface area contributed by atoms with E-state index in [0.29, 0.717) is 23.1 Å². The zero-order chi connectivity index (χ0) is 24.3. The smallest absolute Gasteiger partial charge is 0.339 e. The number of aromatic nitrogens is 1. The summed E-state index contributed by atoms with van der Waals surface area (Å²) in [5, 5.41) is 0.524. The lowest BCUT2D eigenvalue weighted by Crippen LogP contribution is -2.24. The van der Waals surface area contributed by atoms with Crippen molar-refractivity contribution in [1.82, 2.24) is 4.98 Å². The second-order valence-electron chi connectivity index (χ2n) is 8.45. The maximum Gasteiger partial charge on any atom is 0.339 e. The van der Waals surface area contributed by atoms with Gasteiger partial charge in [-0.1, -0.05) is 51.1 Å². The Labute approximate surface area is 201 Å². The van der Waals surface area contributed by atoms with Gasteiger partial charge in [0.1, 0.15) is 4.60 Å². The number of hydrogen-bond acceptors (Lipinski definition) is 6. The fraction of sp³-hybridized carbons (Fsp3) is 0.308. The molecule has 0 radical (unpaired) electrons. The van der Waals surface area contributed by atoms with Gasteiger partial charge >= 0.3 is 11.9 Å². The molecule has 7 heteroatoms. The number of para-hydroxylation sites is 1. The Bertz CT molecular complexity index is 1230. The maximum absolute atomic E-state index is 13.2. The Morgan fingerprint density at radius 3 is 2.06 bits per heavy atom. The molecule has 0 fully saturated rings. The fourth-order valence-electron chi connectivity index (χ4n) is 3.49. The van der Waals surface area contributed by atoms with E-state index in [1.807, 2.05) is 6.07 Å². The highest BCUT2D eigenvalue weighted by atomic mass is 79.9. The second-order valence-corrected chi connectivity index (χ2v) is 9.20. The van der Waals surface area contributed by atoms with Crippen LogP contribution in [0.1, 0.15) is 65.7 Å². The predicted octanol–water partition coefficient (Wildman–Crippen LogP) is 6.25. The van der Waals surface area contributed by atoms with Crippen LogP contribution < -0.4 is 0 Å². The molecule has 0 N–H and O–H groups in total. The zero-order valence-electron chi connectivity index (χ0n) is 19.3. The quantitative estimate of drug-likeness (QED) is 0.221. The molecular weight excluding hydrogens is 486 g/mol. The van der Waals surface area contributed by atoms with Crippen LogP contribution >= 0.6 is 15.9 Å². The first-order valence-corrected chi connectivity index (χ1v) is 11.5. The van der Waals surface area contributed by atoms with Crippen molar-refractivity contribution in [1.29, 1.82) is 0 Å². The summed E-state index contributed by atoms with van der Waals surface area (Å²) >= 11 is 3.43. The number of pyridine rings is 1. The van der Waals surface area contributed by atoms with Gasteiger partial charge in [0.05, 0.1) is 35.4 Å². The van der Waals surface area contributed by atoms with Crippen LogP contribution in [0.3, 0.4) is 0 Å². The molecule has 0 atom stereocenters. The van der Waals surface area contributed by atoms with Crippen molar-refractivity contribution in [3.05, 3.63) is 63.8 Å². The lowest BCUT2D eigenvalue weighted by Gasteiger charge is -2.21. The number of benzene rings is 2. The monoisotopic (exact) mass is 511 g/mol. The molecule has 6 nitrogen and oxygen atoms in total. The first-order chi connectivity index (χ1) is 15.6. The van der Waals surface area contributed by atoms with Crippen LogP contribution in [-0.2, 0) is 9.47 Å². The maximum atomic E-state index is 13.2. The van der Waals surface area contributed by atoms with Gasteiger partial charge in [0.15, 0.2) is 5.78 Å². The largest absolute Gasteiger partial charge is 0.462 e. The molecule has 0 unspecified atom stereocenters. The number of hydrogen-bond donors (Lipinski definition) is 0. The Kier molecular flexibility index (Phi) is 7.32. The van der Waals surface area contributed by atoms with E-state index in [4.69, 9.17) is 9.47 Å². The van der Waals surface area contributed by atoms with Crippen LogP contribution in [0.5, 0.6) is 0 Å². The highest BCUT2D eigenvalue weighted by Gasteiger charge is 2.32. The van der Waals surface area contributed by atoms with Crippen LogP contribution in [0.4, 0.5) is 0 Å². The molecule has 33 heavy (non-hydrogen) atoms. The number of nitrogens with zero attached hydrogens (tertiary/aromatic N) is 1. The van der Waals surface area contributed by atoms with E-state index in [0.717, 1.165) is 11.1 Å². The van der Waals surface area contributed by atoms with Gasteiger partial charge in [-0.2, -0.15) is 0 Å². The van der Waals surface area contributed by atoms with Gasteiger partial charge in [-0.15, -0.1) is 0 Å². The second kappa shape index (κ2) is 9.83. The Morgan fingerprint density at radius 2 is 1.48 bits per heavy atom. The van der Waals surface area contributed by atoms with Gasteiger partial charge in [-0.25, -0.2) is 14.6 Å². The molecule has 0 spiro atoms. The van der Waals surface area contributed by atoms with E-state index >= 15 is 0 Å². The van der Waals surface area contributed by atoms with Crippen LogP contribution in [0.15, 0.2) is 47.1 Å². The van der Waals surface area contributed by atoms with Crippen LogP contribution in [0.25, 0.3) is 22.0 Å². The molecular formula is C26H26BrNO5. The number of ether oxygens (including phenoxy) is 2. The minimum atomic E-state index is -0.723. The standard InChI is InChI=1S/C26H26BrNO5/c1-6-32-24(30)16-13-11-15(12-14-16)17-9-8-10-18-19(25(31)33-7-2)20(22(29)26(3,4)5)23(27)28-21(17)18/h8-14H,6-7H2,1-5H3. The summed E-state index contributed by atoms with van der Waals surface area (Å²) in [4.78, 5) is 42.9. The van der Waals surface area contributed by atoms with Crippen molar-refractivity contribution >= 4 is 44.6 Å². The van der Waals surface area contributed by atoms with Crippen molar-refractivity contribution in [2.24, 2.45) is 5.41 Å². The number of halogens is 1. The normalized spacial score (nSPS) is 11.3. The minimum Gasteiger partial charge on any atom is -0.462 e. The fourth-order valence-corrected chi connectivity index (χ4v) is 4.04. The highest BCUT2D eigenvalue weighted by molar-refractivity contribution is 9.10. The summed E-state index contributed by atoms with van der Waals surface area (Å²) in [6.45, 7) is 9.34. The van der Waals surface area contributed by atoms with Gasteiger partial charge in [-0.05, 0) is 47.5 Å². The van der Waals surface area contributed by atoms with Gasteiger partial charge in [0, 0.05) is 16.4 Å². The molecule has 0 aliphatic carbocycles. The van der Waals surface area contributed by atoms with E-state index in [1.165, 1.54) is 0 Å². The first-order valence-electron chi connectivity index (χ1n) is 10.7. The molecule has 0 aliphatic rings. The molecule has 2 aromatic carbocycles. The molecule has 0 amide bonds. The molecule has 1 aromatic heterocycles. The van der Waals surface area contributed by atoms with Crippen molar-refractivity contribution in [3.8, 4) is 11.1 Å². The molecule has 0 bridgehead atoms. The van der Waals surface area contributed by atoms with Crippen molar-refractivity contribution in [3.63, 3.8) is 0 Å². The number of fused-ring (bicyclic) bond motifs is 1. The molecule has 0 saturated heterocycles. The zero-order valence-corrected chi connectivity index (χ0v) is 20.9. The van der Waals surface area contributed by atoms with E-state index in [-0.39, 0.29) is 28.1 Å². The summed E-state index contributed by atoms with van der Waals surface area (Å²) in [5.74, 6) is -1.18. The van der Waals surface area contributed by atoms with E-state index < -0.39 is 17.4 Å². The number of Topliss-reactive ketones (excluding diaryl/α,β-unsaturated/α-hetero) is 1. The Hall–Kier alpha value is -3.06. The SMILES string of the molecule is CCOC(=O)c1ccc(-c2cccc3c(C(=O)OCC)c(C(=O)C(C)(C)C)c(Br)nc23)cc1.